The van der Waals surface area contributed by atoms with Gasteiger partial charge in [-0.15, -0.1) is 0 Å². The minimum atomic E-state index is -4.70. The van der Waals surface area contributed by atoms with E-state index < -0.39 is 32.6 Å². The Kier molecular flexibility index (Phi) is 9.90. The first-order valence-electron chi connectivity index (χ1n) is 9.86. The molecule has 0 spiro atoms. The van der Waals surface area contributed by atoms with Crippen LogP contribution in [-0.4, -0.2) is 25.7 Å². The topological polar surface area (TPSA) is 98.8 Å². The zero-order chi connectivity index (χ0) is 24.9. The summed E-state index contributed by atoms with van der Waals surface area (Å²) in [6.45, 7) is -0.324. The van der Waals surface area contributed by atoms with Crippen LogP contribution in [0, 0.1) is 5.21 Å². The van der Waals surface area contributed by atoms with Crippen molar-refractivity contribution >= 4 is 15.9 Å². The molecule has 3 rings (SSSR count). The van der Waals surface area contributed by atoms with E-state index in [9.17, 15) is 31.6 Å². The molecule has 0 saturated heterocycles. The molecule has 3 aromatic carbocycles. The van der Waals surface area contributed by atoms with Gasteiger partial charge in [0.15, 0.2) is 0 Å². The molecule has 7 nitrogen and oxygen atoms in total. The molecule has 0 unspecified atom stereocenters. The number of amides is 1. The van der Waals surface area contributed by atoms with Crippen LogP contribution in [0.4, 0.5) is 13.2 Å². The Morgan fingerprint density at radius 1 is 0.971 bits per heavy atom. The van der Waals surface area contributed by atoms with Crippen molar-refractivity contribution < 1.29 is 60.7 Å². The predicted octanol–water partition coefficient (Wildman–Crippen LogP) is 1.34. The molecule has 1 amide bonds. The van der Waals surface area contributed by atoms with Gasteiger partial charge in [-0.05, 0) is 53.6 Å². The summed E-state index contributed by atoms with van der Waals surface area (Å²) >= 11 is 0. The Morgan fingerprint density at radius 2 is 1.51 bits per heavy atom. The number of methoxy groups -OCH3 is 1. The minimum absolute atomic E-state index is 0. The summed E-state index contributed by atoms with van der Waals surface area (Å²) in [5.41, 5.74) is 1.30. The average Bonchev–Trinajstić information content (AvgIpc) is 2.83. The van der Waals surface area contributed by atoms with Crippen molar-refractivity contribution in [1.82, 2.24) is 9.79 Å². The maximum absolute atomic E-state index is 13.4. The van der Waals surface area contributed by atoms with Crippen molar-refractivity contribution in [3.8, 4) is 5.75 Å². The van der Waals surface area contributed by atoms with Crippen molar-refractivity contribution in [3.63, 3.8) is 0 Å². The zero-order valence-corrected chi connectivity index (χ0v) is 21.7. The molecular weight excluding hydrogens is 496 g/mol. The molecule has 0 aliphatic heterocycles. The van der Waals surface area contributed by atoms with Gasteiger partial charge in [0.2, 0.25) is 15.9 Å². The normalized spacial score (nSPS) is 11.6. The Balaban J connectivity index is 0.00000432. The monoisotopic (exact) mass is 516 g/mol. The number of nitrogens with one attached hydrogen (secondary N) is 1. The van der Waals surface area contributed by atoms with Crippen LogP contribution in [0.25, 0.3) is 0 Å². The number of hydrogen-bond acceptors (Lipinski definition) is 5. The van der Waals surface area contributed by atoms with Crippen LogP contribution in [0.2, 0.25) is 0 Å². The van der Waals surface area contributed by atoms with E-state index in [4.69, 9.17) is 4.74 Å². The van der Waals surface area contributed by atoms with E-state index >= 15 is 0 Å². The van der Waals surface area contributed by atoms with Crippen LogP contribution in [0.15, 0.2) is 77.7 Å². The maximum Gasteiger partial charge on any atom is 1.00 e. The third-order valence-electron chi connectivity index (χ3n) is 4.98. The third kappa shape index (κ3) is 7.29. The number of halogens is 3. The number of rotatable bonds is 8. The molecule has 0 bridgehead atoms. The molecule has 180 valence electrons. The van der Waals surface area contributed by atoms with Crippen LogP contribution >= 0.6 is 0 Å². The Hall–Kier alpha value is -2.41. The second kappa shape index (κ2) is 12.0. The Morgan fingerprint density at radius 3 is 2.00 bits per heavy atom. The molecule has 0 aliphatic carbocycles. The number of benzene rings is 3. The molecule has 0 aromatic heterocycles. The van der Waals surface area contributed by atoms with E-state index in [-0.39, 0.29) is 48.2 Å². The van der Waals surface area contributed by atoms with Crippen molar-refractivity contribution in [2.45, 2.75) is 24.2 Å². The summed E-state index contributed by atoms with van der Waals surface area (Å²) < 4.78 is 72.5. The molecule has 0 atom stereocenters. The summed E-state index contributed by atoms with van der Waals surface area (Å²) in [6.07, 6.45) is -4.70. The second-order valence-corrected chi connectivity index (χ2v) is 9.21. The number of hydroxylamine groups is 1. The molecule has 0 radical (unpaired) electrons. The number of alkyl halides is 3. The van der Waals surface area contributed by atoms with E-state index in [1.54, 1.807) is 24.3 Å². The number of nitrogens with zero attached hydrogens (tertiary/aromatic N) is 1. The number of carbonyl (C=O) groups is 1. The van der Waals surface area contributed by atoms with Crippen LogP contribution < -0.4 is 39.8 Å². The first kappa shape index (κ1) is 28.8. The van der Waals surface area contributed by atoms with Gasteiger partial charge in [0.25, 0.3) is 0 Å². The summed E-state index contributed by atoms with van der Waals surface area (Å²) in [5.74, 6) is -0.290. The van der Waals surface area contributed by atoms with Crippen LogP contribution in [0.5, 0.6) is 5.75 Å². The fourth-order valence-electron chi connectivity index (χ4n) is 3.17. The molecule has 12 heteroatoms. The smallest absolute Gasteiger partial charge is 0.759 e. The van der Waals surface area contributed by atoms with Crippen molar-refractivity contribution in [2.24, 2.45) is 0 Å². The minimum Gasteiger partial charge on any atom is -0.759 e. The van der Waals surface area contributed by atoms with Crippen molar-refractivity contribution in [3.05, 3.63) is 100 Å². The molecular formula is C23H20F3N2NaO5S. The van der Waals surface area contributed by atoms with E-state index in [0.29, 0.717) is 22.9 Å². The first-order chi connectivity index (χ1) is 16.0. The fourth-order valence-corrected chi connectivity index (χ4v) is 4.63. The Bertz CT molecular complexity index is 1250. The Labute approximate surface area is 222 Å². The maximum atomic E-state index is 13.4. The van der Waals surface area contributed by atoms with Crippen molar-refractivity contribution in [1.29, 1.82) is 0 Å². The zero-order valence-electron chi connectivity index (χ0n) is 18.9. The van der Waals surface area contributed by atoms with Gasteiger partial charge < -0.3 is 15.4 Å². The fraction of sp³-hybridized carbons (Fsp3) is 0.174. The van der Waals surface area contributed by atoms with E-state index in [2.05, 4.69) is 0 Å². The van der Waals surface area contributed by atoms with Gasteiger partial charge in [0.05, 0.1) is 17.6 Å². The molecule has 35 heavy (non-hydrogen) atoms. The van der Waals surface area contributed by atoms with Gasteiger partial charge in [-0.25, -0.2) is 8.42 Å². The summed E-state index contributed by atoms with van der Waals surface area (Å²) in [7, 11) is -2.87. The second-order valence-electron chi connectivity index (χ2n) is 7.27. The summed E-state index contributed by atoms with van der Waals surface area (Å²) in [6, 6.07) is 15.7. The first-order valence-corrected chi connectivity index (χ1v) is 11.3. The predicted molar refractivity (Wildman–Crippen MR) is 118 cm³/mol. The SMILES string of the molecule is COc1ccc(CN(Cc2ccc(C(=O)N[O-])cc2)S(=O)(=O)c2cccc(C(F)(F)F)c2)cc1.[Na+]. The standard InChI is InChI=1S/C23H20F3N2O5S.Na/c1-33-20-11-7-17(8-12-20)15-28(14-16-5-9-18(10-6-16)22(29)27-30)34(31,32)21-4-2-3-19(13-21)23(24,25)26;/h2-13H,14-15H2,1H3,(H-,27,29,30);/q-1;+1. The quantitative estimate of drug-likeness (QED) is 0.360. The van der Waals surface area contributed by atoms with Gasteiger partial charge in [-0.2, -0.15) is 17.5 Å². The van der Waals surface area contributed by atoms with Gasteiger partial charge >= 0.3 is 35.7 Å². The van der Waals surface area contributed by atoms with Crippen LogP contribution in [0.3, 0.4) is 0 Å². The van der Waals surface area contributed by atoms with Gasteiger partial charge in [-0.1, -0.05) is 30.3 Å². The molecule has 3 aromatic rings. The van der Waals surface area contributed by atoms with Crippen molar-refractivity contribution in [2.75, 3.05) is 7.11 Å². The van der Waals surface area contributed by atoms with E-state index in [1.807, 2.05) is 0 Å². The van der Waals surface area contributed by atoms with E-state index in [1.165, 1.54) is 36.9 Å². The number of ether oxygens (including phenoxy) is 1. The van der Waals surface area contributed by atoms with Gasteiger partial charge in [0, 0.05) is 18.7 Å². The van der Waals surface area contributed by atoms with Gasteiger partial charge in [-0.3, -0.25) is 4.79 Å². The van der Waals surface area contributed by atoms with Gasteiger partial charge in [0.1, 0.15) is 5.75 Å². The number of hydrogen-bond donors (Lipinski definition) is 1. The average molecular weight is 516 g/mol. The third-order valence-corrected chi connectivity index (χ3v) is 6.77. The number of carbonyl (C=O) groups excluding carboxylic acids is 1. The molecule has 0 heterocycles. The van der Waals surface area contributed by atoms with E-state index in [0.717, 1.165) is 22.5 Å². The van der Waals surface area contributed by atoms with Crippen LogP contribution in [-0.2, 0) is 29.3 Å². The van der Waals surface area contributed by atoms with Crippen LogP contribution in [0.1, 0.15) is 27.0 Å². The number of sulfonamides is 1. The molecule has 0 saturated carbocycles. The largest absolute Gasteiger partial charge is 1.00 e. The molecule has 0 aliphatic rings. The summed E-state index contributed by atoms with van der Waals surface area (Å²) in [4.78, 5) is 11.0. The molecule has 0 fully saturated rings. The summed E-state index contributed by atoms with van der Waals surface area (Å²) in [5, 5.41) is 10.6. The molecule has 1 N–H and O–H groups in total.